The van der Waals surface area contributed by atoms with Crippen molar-refractivity contribution in [3.8, 4) is 6.07 Å². The van der Waals surface area contributed by atoms with Crippen molar-refractivity contribution in [2.45, 2.75) is 35.3 Å². The Morgan fingerprint density at radius 3 is 2.58 bits per heavy atom. The van der Waals surface area contributed by atoms with Crippen LogP contribution in [0.2, 0.25) is 0 Å². The van der Waals surface area contributed by atoms with Crippen LogP contribution in [0.5, 0.6) is 0 Å². The highest BCUT2D eigenvalue weighted by molar-refractivity contribution is 7.92. The molecular formula is C16H17F3N2O4S. The fourth-order valence-electron chi connectivity index (χ4n) is 3.13. The van der Waals surface area contributed by atoms with Gasteiger partial charge >= 0.3 is 6.18 Å². The summed E-state index contributed by atoms with van der Waals surface area (Å²) < 4.78 is 70.3. The van der Waals surface area contributed by atoms with Gasteiger partial charge in [0, 0.05) is 7.11 Å². The smallest absolute Gasteiger partial charge is 0.381 e. The van der Waals surface area contributed by atoms with Crippen LogP contribution in [0, 0.1) is 17.2 Å². The van der Waals surface area contributed by atoms with E-state index in [-0.39, 0.29) is 19.4 Å². The maximum Gasteiger partial charge on any atom is 0.417 e. The van der Waals surface area contributed by atoms with Crippen LogP contribution in [0.4, 0.5) is 13.2 Å². The van der Waals surface area contributed by atoms with Crippen molar-refractivity contribution in [2.75, 3.05) is 13.7 Å². The molecule has 0 aliphatic heterocycles. The monoisotopic (exact) mass is 390 g/mol. The first kappa shape index (κ1) is 20.2. The third-order valence-corrected chi connectivity index (χ3v) is 6.61. The van der Waals surface area contributed by atoms with Crippen LogP contribution in [-0.4, -0.2) is 39.3 Å². The number of hydrogen-bond acceptors (Lipinski definition) is 5. The van der Waals surface area contributed by atoms with Gasteiger partial charge in [-0.15, -0.1) is 0 Å². The lowest BCUT2D eigenvalue weighted by atomic mass is 10.1. The molecule has 0 heterocycles. The van der Waals surface area contributed by atoms with E-state index in [0.717, 1.165) is 12.1 Å². The first-order valence-electron chi connectivity index (χ1n) is 7.70. The highest BCUT2D eigenvalue weighted by Crippen LogP contribution is 2.40. The largest absolute Gasteiger partial charge is 0.417 e. The van der Waals surface area contributed by atoms with Gasteiger partial charge < -0.3 is 10.1 Å². The number of amides is 1. The SMILES string of the molecule is CO[C@H]1C[C@@H](S(=O)(=O)c2ccccc2C(F)(F)F)C[C@@H]1C(=O)NCC#N. The molecule has 1 amide bonds. The highest BCUT2D eigenvalue weighted by atomic mass is 32.2. The highest BCUT2D eigenvalue weighted by Gasteiger charge is 2.47. The summed E-state index contributed by atoms with van der Waals surface area (Å²) in [5.41, 5.74) is -1.23. The summed E-state index contributed by atoms with van der Waals surface area (Å²) in [6, 6.07) is 5.71. The van der Waals surface area contributed by atoms with Crippen LogP contribution in [-0.2, 0) is 25.5 Å². The van der Waals surface area contributed by atoms with Gasteiger partial charge in [0.1, 0.15) is 6.54 Å². The van der Waals surface area contributed by atoms with Crippen LogP contribution in [0.1, 0.15) is 18.4 Å². The molecule has 26 heavy (non-hydrogen) atoms. The fourth-order valence-corrected chi connectivity index (χ4v) is 5.15. The average molecular weight is 390 g/mol. The van der Waals surface area contributed by atoms with Crippen molar-refractivity contribution in [1.29, 1.82) is 5.26 Å². The number of halogens is 3. The van der Waals surface area contributed by atoms with Crippen LogP contribution in [0.15, 0.2) is 29.2 Å². The number of ether oxygens (including phenoxy) is 1. The molecule has 10 heteroatoms. The van der Waals surface area contributed by atoms with Gasteiger partial charge in [0.15, 0.2) is 9.84 Å². The second-order valence-corrected chi connectivity index (χ2v) is 8.09. The summed E-state index contributed by atoms with van der Waals surface area (Å²) in [7, 11) is -3.03. The molecule has 1 aromatic rings. The molecule has 142 valence electrons. The molecule has 3 atom stereocenters. The van der Waals surface area contributed by atoms with Crippen molar-refractivity contribution in [3.05, 3.63) is 29.8 Å². The normalized spacial score (nSPS) is 23.4. The Hall–Kier alpha value is -2.12. The Morgan fingerprint density at radius 2 is 2.00 bits per heavy atom. The lowest BCUT2D eigenvalue weighted by Crippen LogP contribution is -2.35. The van der Waals surface area contributed by atoms with Gasteiger partial charge in [0.05, 0.1) is 33.8 Å². The zero-order valence-corrected chi connectivity index (χ0v) is 14.6. The molecule has 2 rings (SSSR count). The van der Waals surface area contributed by atoms with Crippen molar-refractivity contribution in [1.82, 2.24) is 5.32 Å². The van der Waals surface area contributed by atoms with Gasteiger partial charge in [-0.1, -0.05) is 12.1 Å². The fraction of sp³-hybridized carbons (Fsp3) is 0.500. The summed E-state index contributed by atoms with van der Waals surface area (Å²) in [5, 5.41) is 9.66. The second kappa shape index (κ2) is 7.63. The van der Waals surface area contributed by atoms with Crippen LogP contribution >= 0.6 is 0 Å². The quantitative estimate of drug-likeness (QED) is 0.775. The summed E-state index contributed by atoms with van der Waals surface area (Å²) in [4.78, 5) is 11.3. The van der Waals surface area contributed by atoms with E-state index in [1.165, 1.54) is 13.2 Å². The Bertz CT molecular complexity index is 818. The maximum atomic E-state index is 13.2. The summed E-state index contributed by atoms with van der Waals surface area (Å²) >= 11 is 0. The topological polar surface area (TPSA) is 96.3 Å². The Morgan fingerprint density at radius 1 is 1.35 bits per heavy atom. The standard InChI is InChI=1S/C16H17F3N2O4S/c1-25-13-9-10(8-11(13)15(22)21-7-6-20)26(23,24)14-5-3-2-4-12(14)16(17,18)19/h2-5,10-11,13H,7-9H2,1H3,(H,21,22)/t10-,11-,13-/m0/s1. The van der Waals surface area contributed by atoms with E-state index in [9.17, 15) is 26.4 Å². The van der Waals surface area contributed by atoms with Gasteiger partial charge in [-0.3, -0.25) is 4.79 Å². The molecule has 6 nitrogen and oxygen atoms in total. The summed E-state index contributed by atoms with van der Waals surface area (Å²) in [5.74, 6) is -1.41. The van der Waals surface area contributed by atoms with Crippen LogP contribution < -0.4 is 5.32 Å². The van der Waals surface area contributed by atoms with Crippen molar-refractivity contribution in [3.63, 3.8) is 0 Å². The van der Waals surface area contributed by atoms with Crippen molar-refractivity contribution >= 4 is 15.7 Å². The van der Waals surface area contributed by atoms with Crippen LogP contribution in [0.3, 0.4) is 0 Å². The Labute approximate surface area is 148 Å². The van der Waals surface area contributed by atoms with E-state index in [1.807, 2.05) is 0 Å². The van der Waals surface area contributed by atoms with Gasteiger partial charge in [0.25, 0.3) is 0 Å². The molecule has 1 saturated carbocycles. The molecule has 1 aromatic carbocycles. The van der Waals surface area contributed by atoms with Gasteiger partial charge in [-0.25, -0.2) is 8.42 Å². The van der Waals surface area contributed by atoms with Gasteiger partial charge in [-0.05, 0) is 25.0 Å². The predicted octanol–water partition coefficient (Wildman–Crippen LogP) is 1.91. The van der Waals surface area contributed by atoms with E-state index in [0.29, 0.717) is 6.07 Å². The lowest BCUT2D eigenvalue weighted by molar-refractivity contribution is -0.139. The third-order valence-electron chi connectivity index (χ3n) is 4.38. The zero-order chi connectivity index (χ0) is 19.5. The molecule has 0 saturated heterocycles. The molecule has 0 spiro atoms. The molecule has 1 N–H and O–H groups in total. The predicted molar refractivity (Wildman–Crippen MR) is 84.6 cm³/mol. The average Bonchev–Trinajstić information content (AvgIpc) is 3.04. The molecular weight excluding hydrogens is 373 g/mol. The van der Waals surface area contributed by atoms with Crippen LogP contribution in [0.25, 0.3) is 0 Å². The molecule has 1 fully saturated rings. The number of sulfone groups is 1. The lowest BCUT2D eigenvalue weighted by Gasteiger charge is -2.16. The molecule has 1 aliphatic carbocycles. The van der Waals surface area contributed by atoms with Gasteiger partial charge in [0.2, 0.25) is 5.91 Å². The second-order valence-electron chi connectivity index (χ2n) is 5.89. The molecule has 1 aliphatic rings. The molecule has 0 bridgehead atoms. The number of nitrogens with zero attached hydrogens (tertiary/aromatic N) is 1. The molecule has 0 radical (unpaired) electrons. The third kappa shape index (κ3) is 3.99. The van der Waals surface area contributed by atoms with E-state index < -0.39 is 49.7 Å². The number of nitriles is 1. The first-order chi connectivity index (χ1) is 12.1. The maximum absolute atomic E-state index is 13.2. The number of carbonyl (C=O) groups is 1. The molecule has 0 unspecified atom stereocenters. The van der Waals surface area contributed by atoms with Gasteiger partial charge in [-0.2, -0.15) is 18.4 Å². The minimum Gasteiger partial charge on any atom is -0.381 e. The Balaban J connectivity index is 2.34. The number of hydrogen-bond donors (Lipinski definition) is 1. The summed E-state index contributed by atoms with van der Waals surface area (Å²) in [6.07, 6.45) is -5.85. The summed E-state index contributed by atoms with van der Waals surface area (Å²) in [6.45, 7) is -0.250. The van der Waals surface area contributed by atoms with E-state index in [4.69, 9.17) is 10.00 Å². The van der Waals surface area contributed by atoms with E-state index in [1.54, 1.807) is 6.07 Å². The Kier molecular flexibility index (Phi) is 5.93. The number of alkyl halides is 3. The van der Waals surface area contributed by atoms with Crippen molar-refractivity contribution in [2.24, 2.45) is 5.92 Å². The van der Waals surface area contributed by atoms with E-state index in [2.05, 4.69) is 5.32 Å². The van der Waals surface area contributed by atoms with E-state index >= 15 is 0 Å². The number of rotatable bonds is 5. The zero-order valence-electron chi connectivity index (χ0n) is 13.8. The minimum absolute atomic E-state index is 0.102. The number of carbonyl (C=O) groups excluding carboxylic acids is 1. The number of methoxy groups -OCH3 is 1. The first-order valence-corrected chi connectivity index (χ1v) is 9.25. The molecule has 0 aromatic heterocycles. The number of nitrogens with one attached hydrogen (secondary N) is 1. The minimum atomic E-state index is -4.81. The van der Waals surface area contributed by atoms with Crippen molar-refractivity contribution < 1.29 is 31.1 Å². The number of benzene rings is 1.